The molecule has 0 radical (unpaired) electrons. The third-order valence-corrected chi connectivity index (χ3v) is 5.10. The molecule has 25 heavy (non-hydrogen) atoms. The molecule has 0 spiro atoms. The van der Waals surface area contributed by atoms with E-state index in [0.717, 1.165) is 16.9 Å². The Bertz CT molecular complexity index is 761. The lowest BCUT2D eigenvalue weighted by atomic mass is 10.2. The summed E-state index contributed by atoms with van der Waals surface area (Å²) in [5.74, 6) is 0.829. The number of rotatable bonds is 10. The quantitative estimate of drug-likeness (QED) is 0.630. The Morgan fingerprint density at radius 3 is 2.36 bits per heavy atom. The molecule has 0 saturated heterocycles. The summed E-state index contributed by atoms with van der Waals surface area (Å²) in [6, 6.07) is 14.7. The highest BCUT2D eigenvalue weighted by Crippen LogP contribution is 2.13. The molecule has 0 saturated carbocycles. The van der Waals surface area contributed by atoms with Crippen molar-refractivity contribution in [1.29, 1.82) is 0 Å². The molecule has 0 fully saturated rings. The Labute approximate surface area is 149 Å². The van der Waals surface area contributed by atoms with Crippen LogP contribution in [-0.4, -0.2) is 35.8 Å². The molecule has 2 N–H and O–H groups in total. The number of hydrogen-bond acceptors (Lipinski definition) is 5. The van der Waals surface area contributed by atoms with Crippen LogP contribution in [0.25, 0.3) is 0 Å². The number of benzene rings is 2. The van der Waals surface area contributed by atoms with Crippen molar-refractivity contribution in [1.82, 2.24) is 10.0 Å². The Hall–Kier alpha value is -1.93. The fourth-order valence-electron chi connectivity index (χ4n) is 2.28. The van der Waals surface area contributed by atoms with E-state index in [4.69, 9.17) is 9.47 Å². The molecule has 0 heterocycles. The number of hydrogen-bond donors (Lipinski definition) is 2. The van der Waals surface area contributed by atoms with E-state index in [0.29, 0.717) is 19.7 Å². The van der Waals surface area contributed by atoms with E-state index in [1.807, 2.05) is 36.4 Å². The predicted molar refractivity (Wildman–Crippen MR) is 97.0 cm³/mol. The Morgan fingerprint density at radius 2 is 1.68 bits per heavy atom. The van der Waals surface area contributed by atoms with Crippen molar-refractivity contribution < 1.29 is 17.9 Å². The van der Waals surface area contributed by atoms with Gasteiger partial charge in [-0.1, -0.05) is 24.3 Å². The van der Waals surface area contributed by atoms with Crippen LogP contribution >= 0.6 is 0 Å². The minimum atomic E-state index is -3.48. The molecule has 6 nitrogen and oxygen atoms in total. The number of ether oxygens (including phenoxy) is 2. The fourth-order valence-corrected chi connectivity index (χ4v) is 3.29. The van der Waals surface area contributed by atoms with Gasteiger partial charge in [0.15, 0.2) is 0 Å². The van der Waals surface area contributed by atoms with Gasteiger partial charge in [0.1, 0.15) is 5.75 Å². The lowest BCUT2D eigenvalue weighted by molar-refractivity contribution is 0.204. The molecule has 0 unspecified atom stereocenters. The summed E-state index contributed by atoms with van der Waals surface area (Å²) >= 11 is 0. The number of sulfonamides is 1. The molecular weight excluding hydrogens is 340 g/mol. The summed E-state index contributed by atoms with van der Waals surface area (Å²) in [6.45, 7) is 1.94. The van der Waals surface area contributed by atoms with Crippen LogP contribution in [0.15, 0.2) is 53.4 Å². The first-order valence-corrected chi connectivity index (χ1v) is 9.44. The molecule has 2 rings (SSSR count). The van der Waals surface area contributed by atoms with E-state index in [-0.39, 0.29) is 11.4 Å². The summed E-state index contributed by atoms with van der Waals surface area (Å²) in [5, 5.41) is 3.33. The van der Waals surface area contributed by atoms with Crippen LogP contribution < -0.4 is 14.8 Å². The normalized spacial score (nSPS) is 11.4. The summed E-state index contributed by atoms with van der Waals surface area (Å²) in [7, 11) is -0.310. The standard InChI is InChI=1S/C18H24N2O4S/c1-23-11-10-20-25(21,22)18-8-6-15(7-9-18)13-19-14-16-4-3-5-17(12-16)24-2/h3-9,12,19-20H,10-11,13-14H2,1-2H3. The van der Waals surface area contributed by atoms with Gasteiger partial charge in [0.25, 0.3) is 0 Å². The van der Waals surface area contributed by atoms with Crippen LogP contribution in [0.1, 0.15) is 11.1 Å². The van der Waals surface area contributed by atoms with Crippen molar-refractivity contribution in [3.8, 4) is 5.75 Å². The minimum absolute atomic E-state index is 0.250. The van der Waals surface area contributed by atoms with Gasteiger partial charge in [0.05, 0.1) is 18.6 Å². The zero-order valence-corrected chi connectivity index (χ0v) is 15.3. The third-order valence-electron chi connectivity index (χ3n) is 3.62. The average Bonchev–Trinajstić information content (AvgIpc) is 2.62. The van der Waals surface area contributed by atoms with Gasteiger partial charge in [-0.05, 0) is 35.4 Å². The van der Waals surface area contributed by atoms with Crippen LogP contribution in [0.3, 0.4) is 0 Å². The number of methoxy groups -OCH3 is 2. The first kappa shape index (κ1) is 19.4. The molecule has 2 aromatic carbocycles. The van der Waals surface area contributed by atoms with Gasteiger partial charge in [-0.3, -0.25) is 0 Å². The molecule has 0 aliphatic carbocycles. The van der Waals surface area contributed by atoms with E-state index in [1.165, 1.54) is 7.11 Å². The third kappa shape index (κ3) is 6.13. The van der Waals surface area contributed by atoms with Gasteiger partial charge in [-0.2, -0.15) is 0 Å². The second-order valence-electron chi connectivity index (χ2n) is 5.49. The first-order valence-electron chi connectivity index (χ1n) is 7.96. The topological polar surface area (TPSA) is 76.7 Å². The molecular formula is C18H24N2O4S. The zero-order valence-electron chi connectivity index (χ0n) is 14.5. The minimum Gasteiger partial charge on any atom is -0.497 e. The first-order chi connectivity index (χ1) is 12.0. The maximum Gasteiger partial charge on any atom is 0.240 e. The summed E-state index contributed by atoms with van der Waals surface area (Å²) in [6.07, 6.45) is 0. The molecule has 0 bridgehead atoms. The summed E-state index contributed by atoms with van der Waals surface area (Å²) < 4.78 is 36.7. The molecule has 0 amide bonds. The van der Waals surface area contributed by atoms with Gasteiger partial charge >= 0.3 is 0 Å². The molecule has 0 aliphatic rings. The predicted octanol–water partition coefficient (Wildman–Crippen LogP) is 1.91. The SMILES string of the molecule is COCCNS(=O)(=O)c1ccc(CNCc2cccc(OC)c2)cc1. The number of nitrogens with one attached hydrogen (secondary N) is 2. The van der Waals surface area contributed by atoms with E-state index in [2.05, 4.69) is 10.0 Å². The second kappa shape index (κ2) is 9.53. The van der Waals surface area contributed by atoms with E-state index >= 15 is 0 Å². The highest BCUT2D eigenvalue weighted by Gasteiger charge is 2.12. The molecule has 0 aliphatic heterocycles. The Morgan fingerprint density at radius 1 is 0.960 bits per heavy atom. The zero-order chi connectivity index (χ0) is 18.1. The maximum absolute atomic E-state index is 12.1. The van der Waals surface area contributed by atoms with E-state index < -0.39 is 10.0 Å². The van der Waals surface area contributed by atoms with Crippen molar-refractivity contribution in [3.63, 3.8) is 0 Å². The van der Waals surface area contributed by atoms with Gasteiger partial charge in [0.2, 0.25) is 10.0 Å². The molecule has 0 aromatic heterocycles. The van der Waals surface area contributed by atoms with Crippen LogP contribution in [0.5, 0.6) is 5.75 Å². The van der Waals surface area contributed by atoms with Crippen LogP contribution in [0.2, 0.25) is 0 Å². The van der Waals surface area contributed by atoms with Crippen molar-refractivity contribution >= 4 is 10.0 Å². The smallest absolute Gasteiger partial charge is 0.240 e. The maximum atomic E-state index is 12.1. The molecule has 2 aromatic rings. The van der Waals surface area contributed by atoms with Crippen molar-refractivity contribution in [2.75, 3.05) is 27.4 Å². The second-order valence-corrected chi connectivity index (χ2v) is 7.26. The largest absolute Gasteiger partial charge is 0.497 e. The lowest BCUT2D eigenvalue weighted by Crippen LogP contribution is -2.27. The van der Waals surface area contributed by atoms with Gasteiger partial charge in [0, 0.05) is 26.7 Å². The lowest BCUT2D eigenvalue weighted by Gasteiger charge is -2.09. The average molecular weight is 364 g/mol. The van der Waals surface area contributed by atoms with Crippen LogP contribution in [-0.2, 0) is 27.8 Å². The van der Waals surface area contributed by atoms with Gasteiger partial charge < -0.3 is 14.8 Å². The van der Waals surface area contributed by atoms with Gasteiger partial charge in [-0.25, -0.2) is 13.1 Å². The van der Waals surface area contributed by atoms with E-state index in [1.54, 1.807) is 19.2 Å². The monoisotopic (exact) mass is 364 g/mol. The molecule has 136 valence electrons. The van der Waals surface area contributed by atoms with Crippen LogP contribution in [0, 0.1) is 0 Å². The Kier molecular flexibility index (Phi) is 7.39. The summed E-state index contributed by atoms with van der Waals surface area (Å²) in [5.41, 5.74) is 2.14. The highest BCUT2D eigenvalue weighted by atomic mass is 32.2. The van der Waals surface area contributed by atoms with E-state index in [9.17, 15) is 8.42 Å². The molecule has 7 heteroatoms. The fraction of sp³-hybridized carbons (Fsp3) is 0.333. The van der Waals surface area contributed by atoms with Crippen molar-refractivity contribution in [2.45, 2.75) is 18.0 Å². The highest BCUT2D eigenvalue weighted by molar-refractivity contribution is 7.89. The Balaban J connectivity index is 1.87. The van der Waals surface area contributed by atoms with Crippen molar-refractivity contribution in [2.24, 2.45) is 0 Å². The summed E-state index contributed by atoms with van der Waals surface area (Å²) in [4.78, 5) is 0.250. The van der Waals surface area contributed by atoms with Crippen LogP contribution in [0.4, 0.5) is 0 Å². The van der Waals surface area contributed by atoms with Crippen molar-refractivity contribution in [3.05, 3.63) is 59.7 Å². The molecule has 0 atom stereocenters. The van der Waals surface area contributed by atoms with Gasteiger partial charge in [-0.15, -0.1) is 0 Å².